The Balaban J connectivity index is 1.31. The molecular formula is C33H35F5N2O6. The predicted octanol–water partition coefficient (Wildman–Crippen LogP) is 7.67. The molecule has 0 fully saturated rings. The molecule has 0 saturated carbocycles. The summed E-state index contributed by atoms with van der Waals surface area (Å²) in [5.74, 6) is -1.02. The van der Waals surface area contributed by atoms with Crippen LogP contribution in [-0.4, -0.2) is 37.9 Å². The summed E-state index contributed by atoms with van der Waals surface area (Å²) < 4.78 is 86.2. The van der Waals surface area contributed by atoms with E-state index in [9.17, 15) is 31.5 Å². The first-order chi connectivity index (χ1) is 21.8. The minimum Gasteiger partial charge on any atom is -0.494 e. The highest BCUT2D eigenvalue weighted by Gasteiger charge is 2.34. The van der Waals surface area contributed by atoms with Gasteiger partial charge in [0.25, 0.3) is 0 Å². The molecule has 4 N–H and O–H groups in total. The van der Waals surface area contributed by atoms with Gasteiger partial charge in [-0.3, -0.25) is 0 Å². The Hall–Kier alpha value is -4.81. The van der Waals surface area contributed by atoms with E-state index in [1.807, 2.05) is 0 Å². The van der Waals surface area contributed by atoms with Crippen molar-refractivity contribution in [1.82, 2.24) is 0 Å². The first-order valence-electron chi connectivity index (χ1n) is 14.5. The van der Waals surface area contributed by atoms with Crippen molar-refractivity contribution in [2.24, 2.45) is 0 Å². The van der Waals surface area contributed by atoms with Gasteiger partial charge in [0.05, 0.1) is 30.9 Å². The lowest BCUT2D eigenvalue weighted by molar-refractivity contribution is -0.185. The number of benzene rings is 3. The number of carbonyl (C=O) groups excluding carboxylic acids is 2. The lowest BCUT2D eigenvalue weighted by Gasteiger charge is -2.18. The lowest BCUT2D eigenvalue weighted by Crippen LogP contribution is -2.21. The van der Waals surface area contributed by atoms with Gasteiger partial charge >= 0.3 is 24.2 Å². The molecule has 13 heteroatoms. The summed E-state index contributed by atoms with van der Waals surface area (Å²) in [4.78, 5) is 24.0. The average molecular weight is 651 g/mol. The van der Waals surface area contributed by atoms with E-state index in [1.165, 1.54) is 60.7 Å². The maximum absolute atomic E-state index is 14.6. The van der Waals surface area contributed by atoms with Crippen LogP contribution in [0.3, 0.4) is 0 Å². The molecule has 0 radical (unpaired) electrons. The third kappa shape index (κ3) is 13.0. The molecule has 0 saturated heterocycles. The second-order valence-corrected chi connectivity index (χ2v) is 10.2. The van der Waals surface area contributed by atoms with Crippen LogP contribution >= 0.6 is 0 Å². The predicted molar refractivity (Wildman–Crippen MR) is 162 cm³/mol. The SMILES string of the molecule is Nc1cc(N)cc(C(=O)OCCCCCCOC(=O)C=Cc2ccc(OC(F)(F)c3ccc(OCCCC(F)(F)F)cc3)cc2)c1. The Bertz CT molecular complexity index is 1420. The number of hydrogen-bond acceptors (Lipinski definition) is 8. The van der Waals surface area contributed by atoms with Gasteiger partial charge in [0, 0.05) is 23.9 Å². The molecule has 3 aromatic carbocycles. The number of esters is 2. The Labute approximate surface area is 263 Å². The normalized spacial score (nSPS) is 11.8. The molecule has 3 rings (SSSR count). The van der Waals surface area contributed by atoms with E-state index in [4.69, 9.17) is 30.4 Å². The van der Waals surface area contributed by atoms with Gasteiger partial charge in [-0.2, -0.15) is 22.0 Å². The molecule has 0 aliphatic heterocycles. The quantitative estimate of drug-likeness (QED) is 0.0502. The molecule has 0 bridgehead atoms. The van der Waals surface area contributed by atoms with Crippen molar-refractivity contribution in [1.29, 1.82) is 0 Å². The number of unbranched alkanes of at least 4 members (excludes halogenated alkanes) is 3. The Morgan fingerprint density at radius 3 is 1.89 bits per heavy atom. The molecule has 0 atom stereocenters. The van der Waals surface area contributed by atoms with Crippen molar-refractivity contribution in [3.05, 3.63) is 89.5 Å². The van der Waals surface area contributed by atoms with E-state index < -0.39 is 36.2 Å². The number of rotatable bonds is 17. The van der Waals surface area contributed by atoms with E-state index in [2.05, 4.69) is 0 Å². The molecule has 0 aromatic heterocycles. The molecule has 8 nitrogen and oxygen atoms in total. The monoisotopic (exact) mass is 650 g/mol. The fraction of sp³-hybridized carbons (Fsp3) is 0.333. The molecule has 3 aromatic rings. The molecule has 0 heterocycles. The standard InChI is InChI=1S/C33H35F5N2O6/c34-32(35,36)16-5-19-43-28-13-9-25(10-14-28)33(37,38)46-29-11-6-23(7-12-29)8-15-30(41)44-17-3-1-2-4-18-45-31(42)24-20-26(39)22-27(40)21-24/h6-15,20-22H,1-5,16-19,39-40H2. The van der Waals surface area contributed by atoms with Crippen molar-refractivity contribution < 1.29 is 50.5 Å². The van der Waals surface area contributed by atoms with Crippen molar-refractivity contribution >= 4 is 29.4 Å². The van der Waals surface area contributed by atoms with Crippen LogP contribution in [0.15, 0.2) is 72.8 Å². The first-order valence-corrected chi connectivity index (χ1v) is 14.5. The Morgan fingerprint density at radius 2 is 1.28 bits per heavy atom. The molecule has 248 valence electrons. The molecule has 46 heavy (non-hydrogen) atoms. The van der Waals surface area contributed by atoms with Crippen molar-refractivity contribution in [3.63, 3.8) is 0 Å². The van der Waals surface area contributed by atoms with Gasteiger partial charge in [0.2, 0.25) is 0 Å². The highest BCUT2D eigenvalue weighted by atomic mass is 19.4. The fourth-order valence-electron chi connectivity index (χ4n) is 4.05. The highest BCUT2D eigenvalue weighted by Crippen LogP contribution is 2.33. The number of anilines is 2. The number of ether oxygens (including phenoxy) is 4. The van der Waals surface area contributed by atoms with Crippen molar-refractivity contribution in [2.75, 3.05) is 31.3 Å². The van der Waals surface area contributed by atoms with Crippen LogP contribution in [0.25, 0.3) is 6.08 Å². The second-order valence-electron chi connectivity index (χ2n) is 10.2. The van der Waals surface area contributed by atoms with Crippen LogP contribution in [0, 0.1) is 0 Å². The van der Waals surface area contributed by atoms with Crippen molar-refractivity contribution in [2.45, 2.75) is 50.8 Å². The van der Waals surface area contributed by atoms with E-state index >= 15 is 0 Å². The number of nitrogens with two attached hydrogens (primary N) is 2. The minimum absolute atomic E-state index is 0.124. The summed E-state index contributed by atoms with van der Waals surface area (Å²) in [7, 11) is 0. The van der Waals surface area contributed by atoms with Crippen LogP contribution in [0.2, 0.25) is 0 Å². The minimum atomic E-state index is -4.28. The van der Waals surface area contributed by atoms with E-state index in [0.717, 1.165) is 25.0 Å². The summed E-state index contributed by atoms with van der Waals surface area (Å²) in [5.41, 5.74) is 12.5. The maximum Gasteiger partial charge on any atom is 0.426 e. The summed E-state index contributed by atoms with van der Waals surface area (Å²) >= 11 is 0. The van der Waals surface area contributed by atoms with Crippen LogP contribution in [0.4, 0.5) is 33.3 Å². The highest BCUT2D eigenvalue weighted by molar-refractivity contribution is 5.91. The van der Waals surface area contributed by atoms with Gasteiger partial charge in [-0.05, 0) is 98.3 Å². The van der Waals surface area contributed by atoms with Crippen LogP contribution in [0.5, 0.6) is 11.5 Å². The molecule has 0 unspecified atom stereocenters. The van der Waals surface area contributed by atoms with Gasteiger partial charge < -0.3 is 30.4 Å². The Kier molecular flexibility index (Phi) is 13.2. The number of carbonyl (C=O) groups is 2. The molecule has 0 amide bonds. The molecular weight excluding hydrogens is 615 g/mol. The van der Waals surface area contributed by atoms with E-state index in [1.54, 1.807) is 6.07 Å². The zero-order chi connectivity index (χ0) is 33.6. The second kappa shape index (κ2) is 17.0. The zero-order valence-corrected chi connectivity index (χ0v) is 24.9. The smallest absolute Gasteiger partial charge is 0.426 e. The largest absolute Gasteiger partial charge is 0.494 e. The van der Waals surface area contributed by atoms with Crippen LogP contribution < -0.4 is 20.9 Å². The summed E-state index contributed by atoms with van der Waals surface area (Å²) in [6.45, 7) is 0.244. The van der Waals surface area contributed by atoms with Crippen LogP contribution in [-0.2, 0) is 20.4 Å². The van der Waals surface area contributed by atoms with Gasteiger partial charge in [-0.25, -0.2) is 9.59 Å². The number of hydrogen-bond donors (Lipinski definition) is 2. The van der Waals surface area contributed by atoms with Gasteiger partial charge in [0.1, 0.15) is 11.5 Å². The molecule has 0 spiro atoms. The summed E-state index contributed by atoms with van der Waals surface area (Å²) in [5, 5.41) is 0. The topological polar surface area (TPSA) is 123 Å². The summed E-state index contributed by atoms with van der Waals surface area (Å²) in [6, 6.07) is 14.7. The average Bonchev–Trinajstić information content (AvgIpc) is 2.99. The van der Waals surface area contributed by atoms with Crippen LogP contribution in [0.1, 0.15) is 60.0 Å². The number of alkyl halides is 5. The third-order valence-electron chi connectivity index (χ3n) is 6.33. The molecule has 0 aliphatic rings. The van der Waals surface area contributed by atoms with Crippen molar-refractivity contribution in [3.8, 4) is 11.5 Å². The van der Waals surface area contributed by atoms with Gasteiger partial charge in [-0.15, -0.1) is 0 Å². The maximum atomic E-state index is 14.6. The zero-order valence-electron chi connectivity index (χ0n) is 24.9. The third-order valence-corrected chi connectivity index (χ3v) is 6.33. The first kappa shape index (κ1) is 35.7. The molecule has 0 aliphatic carbocycles. The number of halogens is 5. The van der Waals surface area contributed by atoms with Gasteiger partial charge in [0.15, 0.2) is 0 Å². The van der Waals surface area contributed by atoms with Gasteiger partial charge in [-0.1, -0.05) is 12.1 Å². The lowest BCUT2D eigenvalue weighted by atomic mass is 10.2. The van der Waals surface area contributed by atoms with E-state index in [0.29, 0.717) is 35.3 Å². The number of nitrogen functional groups attached to an aromatic ring is 2. The van der Waals surface area contributed by atoms with E-state index in [-0.39, 0.29) is 37.7 Å². The fourth-order valence-corrected chi connectivity index (χ4v) is 4.05. The Morgan fingerprint density at radius 1 is 0.696 bits per heavy atom. The summed E-state index contributed by atoms with van der Waals surface area (Å²) in [6.07, 6.45) is -3.73.